The molecule has 3 aromatic rings. The molecule has 0 unspecified atom stereocenters. The average molecular weight is 493 g/mol. The largest absolute Gasteiger partial charge is 0.482 e. The van der Waals surface area contributed by atoms with Gasteiger partial charge in [-0.15, -0.1) is 0 Å². The Balaban J connectivity index is 1.96. The molecule has 0 saturated heterocycles. The van der Waals surface area contributed by atoms with E-state index in [0.29, 0.717) is 17.2 Å². The van der Waals surface area contributed by atoms with Crippen LogP contribution in [-0.4, -0.2) is 45.3 Å². The lowest BCUT2D eigenvalue weighted by atomic mass is 9.71. The highest BCUT2D eigenvalue weighted by Gasteiger charge is 2.31. The van der Waals surface area contributed by atoms with Crippen molar-refractivity contribution < 1.29 is 38.1 Å². The Morgan fingerprint density at radius 1 is 0.611 bits per heavy atom. The van der Waals surface area contributed by atoms with Crippen LogP contribution in [0.25, 0.3) is 0 Å². The molecule has 36 heavy (non-hydrogen) atoms. The van der Waals surface area contributed by atoms with Gasteiger partial charge in [-0.2, -0.15) is 0 Å². The quantitative estimate of drug-likeness (QED) is 0.237. The summed E-state index contributed by atoms with van der Waals surface area (Å²) in [7, 11) is 2.61. The van der Waals surface area contributed by atoms with Gasteiger partial charge in [0.2, 0.25) is 0 Å². The molecule has 8 nitrogen and oxygen atoms in total. The Morgan fingerprint density at radius 3 is 1.25 bits per heavy atom. The van der Waals surface area contributed by atoms with Crippen LogP contribution in [0.3, 0.4) is 0 Å². The lowest BCUT2D eigenvalue weighted by molar-refractivity contribution is -0.143. The average Bonchev–Trinajstić information content (AvgIpc) is 2.90. The van der Waals surface area contributed by atoms with Crippen LogP contribution in [0.2, 0.25) is 0 Å². The zero-order valence-corrected chi connectivity index (χ0v) is 20.6. The first-order valence-electron chi connectivity index (χ1n) is 11.2. The lowest BCUT2D eigenvalue weighted by Crippen LogP contribution is -2.25. The van der Waals surface area contributed by atoms with Gasteiger partial charge in [0.25, 0.3) is 0 Å². The minimum atomic E-state index is -0.615. The number of carbonyl (C=O) groups is 3. The Morgan fingerprint density at radius 2 is 0.944 bits per heavy atom. The Bertz CT molecular complexity index is 1120. The van der Waals surface area contributed by atoms with Crippen molar-refractivity contribution in [1.82, 2.24) is 0 Å². The van der Waals surface area contributed by atoms with Crippen LogP contribution < -0.4 is 14.2 Å². The molecule has 0 heterocycles. The van der Waals surface area contributed by atoms with Crippen LogP contribution in [-0.2, 0) is 29.3 Å². The molecule has 0 radical (unpaired) electrons. The Labute approximate surface area is 209 Å². The van der Waals surface area contributed by atoms with Crippen molar-refractivity contribution in [1.29, 1.82) is 0 Å². The third-order valence-electron chi connectivity index (χ3n) is 5.73. The Kier molecular flexibility index (Phi) is 8.67. The molecule has 0 aliphatic carbocycles. The second-order valence-corrected chi connectivity index (χ2v) is 8.02. The van der Waals surface area contributed by atoms with Gasteiger partial charge in [0.1, 0.15) is 17.2 Å². The van der Waals surface area contributed by atoms with E-state index in [1.54, 1.807) is 36.4 Å². The maximum Gasteiger partial charge on any atom is 0.343 e. The highest BCUT2D eigenvalue weighted by molar-refractivity contribution is 5.71. The van der Waals surface area contributed by atoms with Gasteiger partial charge < -0.3 is 23.7 Å². The monoisotopic (exact) mass is 492 g/mol. The van der Waals surface area contributed by atoms with Gasteiger partial charge in [0.05, 0.1) is 14.2 Å². The van der Waals surface area contributed by atoms with Crippen molar-refractivity contribution in [3.63, 3.8) is 0 Å². The number of benzene rings is 3. The van der Waals surface area contributed by atoms with Gasteiger partial charge >= 0.3 is 17.9 Å². The Hall–Kier alpha value is -4.33. The molecular weight excluding hydrogens is 464 g/mol. The van der Waals surface area contributed by atoms with Crippen molar-refractivity contribution in [3.8, 4) is 17.2 Å². The standard InChI is InChI=1S/C28H28O8/c1-19(29)36-25-15-9-22(10-16-25)28(2,20-5-11-23(12-6-20)34-17-26(30)32-3)21-7-13-24(14-8-21)35-18-27(31)33-4/h5-16H,17-18H2,1-4H3. The molecular formula is C28H28O8. The maximum atomic E-state index is 11.4. The summed E-state index contributed by atoms with van der Waals surface area (Å²) in [5.74, 6) is 0.187. The van der Waals surface area contributed by atoms with E-state index in [1.807, 2.05) is 36.4 Å². The molecule has 0 amide bonds. The predicted molar refractivity (Wildman–Crippen MR) is 131 cm³/mol. The fraction of sp³-hybridized carbons (Fsp3) is 0.250. The lowest BCUT2D eigenvalue weighted by Gasteiger charge is -2.32. The minimum Gasteiger partial charge on any atom is -0.482 e. The van der Waals surface area contributed by atoms with Gasteiger partial charge in [-0.1, -0.05) is 36.4 Å². The molecule has 0 aromatic heterocycles. The fourth-order valence-electron chi connectivity index (χ4n) is 3.69. The summed E-state index contributed by atoms with van der Waals surface area (Å²) in [6, 6.07) is 22.2. The molecule has 3 aromatic carbocycles. The van der Waals surface area contributed by atoms with Gasteiger partial charge in [0, 0.05) is 12.3 Å². The van der Waals surface area contributed by atoms with Crippen molar-refractivity contribution in [2.24, 2.45) is 0 Å². The van der Waals surface area contributed by atoms with Crippen LogP contribution in [0.4, 0.5) is 0 Å². The summed E-state index contributed by atoms with van der Waals surface area (Å²) in [4.78, 5) is 34.1. The molecule has 0 spiro atoms. The molecule has 0 aliphatic heterocycles. The maximum absolute atomic E-state index is 11.4. The number of methoxy groups -OCH3 is 2. The van der Waals surface area contributed by atoms with E-state index in [4.69, 9.17) is 14.2 Å². The molecule has 3 rings (SSSR count). The topological polar surface area (TPSA) is 97.4 Å². The smallest absolute Gasteiger partial charge is 0.343 e. The molecule has 0 fully saturated rings. The van der Waals surface area contributed by atoms with E-state index in [1.165, 1.54) is 21.1 Å². The number of hydrogen-bond acceptors (Lipinski definition) is 8. The molecule has 8 heteroatoms. The van der Waals surface area contributed by atoms with Gasteiger partial charge in [0.15, 0.2) is 13.2 Å². The van der Waals surface area contributed by atoms with Crippen LogP contribution in [0.15, 0.2) is 72.8 Å². The normalized spacial score (nSPS) is 10.8. The van der Waals surface area contributed by atoms with Crippen molar-refractivity contribution in [2.45, 2.75) is 19.3 Å². The first kappa shape index (κ1) is 26.3. The van der Waals surface area contributed by atoms with E-state index < -0.39 is 23.3 Å². The summed E-state index contributed by atoms with van der Waals surface area (Å²) in [5, 5.41) is 0. The molecule has 188 valence electrons. The summed E-state index contributed by atoms with van der Waals surface area (Å²) in [6.45, 7) is 3.06. The van der Waals surface area contributed by atoms with E-state index in [0.717, 1.165) is 16.7 Å². The van der Waals surface area contributed by atoms with E-state index in [9.17, 15) is 14.4 Å². The summed E-state index contributed by atoms with van der Waals surface area (Å²) in [5.41, 5.74) is 2.24. The first-order valence-corrected chi connectivity index (χ1v) is 11.2. The fourth-order valence-corrected chi connectivity index (χ4v) is 3.69. The van der Waals surface area contributed by atoms with Crippen LogP contribution >= 0.6 is 0 Å². The highest BCUT2D eigenvalue weighted by atomic mass is 16.6. The zero-order chi connectivity index (χ0) is 26.1. The van der Waals surface area contributed by atoms with Crippen molar-refractivity contribution >= 4 is 17.9 Å². The molecule has 0 atom stereocenters. The van der Waals surface area contributed by atoms with Gasteiger partial charge in [-0.25, -0.2) is 9.59 Å². The predicted octanol–water partition coefficient (Wildman–Crippen LogP) is 4.07. The van der Waals surface area contributed by atoms with Crippen LogP contribution in [0, 0.1) is 0 Å². The number of carbonyl (C=O) groups excluding carboxylic acids is 3. The first-order chi connectivity index (χ1) is 17.3. The van der Waals surface area contributed by atoms with Crippen LogP contribution in [0.5, 0.6) is 17.2 Å². The highest BCUT2D eigenvalue weighted by Crippen LogP contribution is 2.40. The SMILES string of the molecule is COC(=O)COc1ccc(C(C)(c2ccc(OCC(=O)OC)cc2)c2ccc(OC(C)=O)cc2)cc1. The van der Waals surface area contributed by atoms with Crippen molar-refractivity contribution in [3.05, 3.63) is 89.5 Å². The molecule has 0 N–H and O–H groups in total. The number of hydrogen-bond donors (Lipinski definition) is 0. The zero-order valence-electron chi connectivity index (χ0n) is 20.6. The summed E-state index contributed by atoms with van der Waals surface area (Å²) >= 11 is 0. The molecule has 0 aliphatic rings. The van der Waals surface area contributed by atoms with E-state index in [2.05, 4.69) is 16.4 Å². The third kappa shape index (κ3) is 6.41. The van der Waals surface area contributed by atoms with Gasteiger partial charge in [-0.05, 0) is 60.0 Å². The van der Waals surface area contributed by atoms with E-state index >= 15 is 0 Å². The second kappa shape index (κ2) is 11.9. The summed E-state index contributed by atoms with van der Waals surface area (Å²) in [6.07, 6.45) is 0. The number of rotatable bonds is 10. The second-order valence-electron chi connectivity index (χ2n) is 8.02. The van der Waals surface area contributed by atoms with Crippen molar-refractivity contribution in [2.75, 3.05) is 27.4 Å². The number of ether oxygens (including phenoxy) is 5. The third-order valence-corrected chi connectivity index (χ3v) is 5.73. The molecule has 0 bridgehead atoms. The number of esters is 3. The minimum absolute atomic E-state index is 0.183. The van der Waals surface area contributed by atoms with Crippen LogP contribution in [0.1, 0.15) is 30.5 Å². The summed E-state index contributed by atoms with van der Waals surface area (Å²) < 4.78 is 25.4. The van der Waals surface area contributed by atoms with Gasteiger partial charge in [-0.3, -0.25) is 4.79 Å². The van der Waals surface area contributed by atoms with E-state index in [-0.39, 0.29) is 13.2 Å². The molecule has 0 saturated carbocycles.